The third-order valence-corrected chi connectivity index (χ3v) is 2.06. The van der Waals surface area contributed by atoms with E-state index in [1.165, 1.54) is 0 Å². The highest BCUT2D eigenvalue weighted by atomic mass is 16.5. The monoisotopic (exact) mass is 203 g/mol. The maximum Gasteiger partial charge on any atom is 0.0696 e. The van der Waals surface area contributed by atoms with E-state index in [9.17, 15) is 0 Å². The molecule has 0 bridgehead atoms. The largest absolute Gasteiger partial charge is 0.385 e. The lowest BCUT2D eigenvalue weighted by Gasteiger charge is -2.18. The molecule has 0 radical (unpaired) electrons. The number of methoxy groups -OCH3 is 1. The predicted octanol–water partition coefficient (Wildman–Crippen LogP) is 1.82. The van der Waals surface area contributed by atoms with E-state index in [4.69, 9.17) is 9.47 Å². The van der Waals surface area contributed by atoms with Crippen molar-refractivity contribution >= 4 is 0 Å². The average molecular weight is 203 g/mol. The minimum absolute atomic E-state index is 0.342. The van der Waals surface area contributed by atoms with Gasteiger partial charge in [-0.2, -0.15) is 0 Å². The van der Waals surface area contributed by atoms with E-state index in [-0.39, 0.29) is 0 Å². The summed E-state index contributed by atoms with van der Waals surface area (Å²) in [6, 6.07) is 0.534. The molecule has 0 saturated carbocycles. The first-order valence-electron chi connectivity index (χ1n) is 5.54. The molecule has 0 spiro atoms. The molecule has 0 aromatic heterocycles. The van der Waals surface area contributed by atoms with E-state index in [2.05, 4.69) is 26.1 Å². The summed E-state index contributed by atoms with van der Waals surface area (Å²) in [7, 11) is 1.72. The van der Waals surface area contributed by atoms with Crippen LogP contribution in [-0.2, 0) is 9.47 Å². The molecule has 0 aliphatic carbocycles. The summed E-state index contributed by atoms with van der Waals surface area (Å²) in [4.78, 5) is 0. The molecule has 0 aliphatic heterocycles. The molecule has 0 fully saturated rings. The van der Waals surface area contributed by atoms with Crippen LogP contribution in [0.15, 0.2) is 0 Å². The van der Waals surface area contributed by atoms with Crippen LogP contribution in [0.3, 0.4) is 0 Å². The lowest BCUT2D eigenvalue weighted by Crippen LogP contribution is -2.33. The van der Waals surface area contributed by atoms with Gasteiger partial charge >= 0.3 is 0 Å². The molecule has 0 heterocycles. The van der Waals surface area contributed by atoms with Crippen molar-refractivity contribution in [3.8, 4) is 0 Å². The zero-order chi connectivity index (χ0) is 10.8. The zero-order valence-corrected chi connectivity index (χ0v) is 10.0. The molecule has 14 heavy (non-hydrogen) atoms. The Morgan fingerprint density at radius 3 is 2.43 bits per heavy atom. The fraction of sp³-hybridized carbons (Fsp3) is 1.00. The molecule has 3 nitrogen and oxygen atoms in total. The van der Waals surface area contributed by atoms with Gasteiger partial charge < -0.3 is 14.8 Å². The number of nitrogens with one attached hydrogen (secondary N) is 1. The summed E-state index contributed by atoms with van der Waals surface area (Å²) in [6.07, 6.45) is 2.38. The topological polar surface area (TPSA) is 30.5 Å². The molecule has 86 valence electrons. The van der Waals surface area contributed by atoms with Crippen LogP contribution in [0.1, 0.15) is 33.6 Å². The van der Waals surface area contributed by atoms with Gasteiger partial charge in [-0.15, -0.1) is 0 Å². The van der Waals surface area contributed by atoms with Crippen molar-refractivity contribution in [1.29, 1.82) is 0 Å². The van der Waals surface area contributed by atoms with Gasteiger partial charge in [-0.25, -0.2) is 0 Å². The Kier molecular flexibility index (Phi) is 9.35. The van der Waals surface area contributed by atoms with Crippen molar-refractivity contribution in [3.63, 3.8) is 0 Å². The molecular weight excluding hydrogens is 178 g/mol. The van der Waals surface area contributed by atoms with Crippen LogP contribution >= 0.6 is 0 Å². The van der Waals surface area contributed by atoms with E-state index in [0.29, 0.717) is 12.1 Å². The van der Waals surface area contributed by atoms with Gasteiger partial charge in [0.15, 0.2) is 0 Å². The van der Waals surface area contributed by atoms with Gasteiger partial charge in [0.2, 0.25) is 0 Å². The van der Waals surface area contributed by atoms with E-state index < -0.39 is 0 Å². The first-order chi connectivity index (χ1) is 6.70. The van der Waals surface area contributed by atoms with Gasteiger partial charge in [0.05, 0.1) is 6.10 Å². The Labute approximate surface area is 88.2 Å². The Bertz CT molecular complexity index is 118. The average Bonchev–Trinajstić information content (AvgIpc) is 2.16. The number of hydrogen-bond acceptors (Lipinski definition) is 3. The van der Waals surface area contributed by atoms with Crippen LogP contribution in [0.4, 0.5) is 0 Å². The van der Waals surface area contributed by atoms with E-state index in [1.807, 2.05) is 0 Å². The van der Waals surface area contributed by atoms with Gasteiger partial charge in [0.25, 0.3) is 0 Å². The minimum atomic E-state index is 0.342. The van der Waals surface area contributed by atoms with E-state index >= 15 is 0 Å². The van der Waals surface area contributed by atoms with Crippen LogP contribution < -0.4 is 5.32 Å². The minimum Gasteiger partial charge on any atom is -0.385 e. The maximum atomic E-state index is 5.70. The maximum absolute atomic E-state index is 5.70. The number of rotatable bonds is 9. The molecule has 1 N–H and O–H groups in total. The molecule has 1 unspecified atom stereocenters. The van der Waals surface area contributed by atoms with Crippen LogP contribution in [0.5, 0.6) is 0 Å². The van der Waals surface area contributed by atoms with Crippen molar-refractivity contribution in [2.45, 2.75) is 45.8 Å². The van der Waals surface area contributed by atoms with Crippen molar-refractivity contribution in [1.82, 2.24) is 5.32 Å². The zero-order valence-electron chi connectivity index (χ0n) is 10.0. The van der Waals surface area contributed by atoms with Gasteiger partial charge in [-0.3, -0.25) is 0 Å². The highest BCUT2D eigenvalue weighted by molar-refractivity contribution is 4.62. The molecule has 0 aliphatic rings. The van der Waals surface area contributed by atoms with Crippen LogP contribution in [0.2, 0.25) is 0 Å². The Morgan fingerprint density at radius 1 is 1.21 bits per heavy atom. The third-order valence-electron chi connectivity index (χ3n) is 2.06. The summed E-state index contributed by atoms with van der Waals surface area (Å²) < 4.78 is 10.7. The lowest BCUT2D eigenvalue weighted by molar-refractivity contribution is 0.0366. The highest BCUT2D eigenvalue weighted by Crippen LogP contribution is 1.98. The second-order valence-corrected chi connectivity index (χ2v) is 3.81. The second kappa shape index (κ2) is 9.44. The van der Waals surface area contributed by atoms with Crippen molar-refractivity contribution in [2.24, 2.45) is 0 Å². The Balaban J connectivity index is 3.38. The number of ether oxygens (including phenoxy) is 2. The normalized spacial score (nSPS) is 13.5. The van der Waals surface area contributed by atoms with Crippen molar-refractivity contribution < 1.29 is 9.47 Å². The van der Waals surface area contributed by atoms with Crippen molar-refractivity contribution in [3.05, 3.63) is 0 Å². The quantitative estimate of drug-likeness (QED) is 0.580. The van der Waals surface area contributed by atoms with Crippen LogP contribution in [0, 0.1) is 0 Å². The van der Waals surface area contributed by atoms with Crippen LogP contribution in [-0.4, -0.2) is 39.0 Å². The molecule has 1 atom stereocenters. The second-order valence-electron chi connectivity index (χ2n) is 3.81. The molecular formula is C11H25NO2. The van der Waals surface area contributed by atoms with E-state index in [1.54, 1.807) is 7.11 Å². The molecule has 0 saturated heterocycles. The van der Waals surface area contributed by atoms with Crippen molar-refractivity contribution in [2.75, 3.05) is 26.9 Å². The summed E-state index contributed by atoms with van der Waals surface area (Å²) in [6.45, 7) is 8.99. The Hall–Kier alpha value is -0.120. The number of hydrogen-bond donors (Lipinski definition) is 1. The molecule has 0 rings (SSSR count). The Morgan fingerprint density at radius 2 is 1.93 bits per heavy atom. The molecule has 0 aromatic carbocycles. The predicted molar refractivity (Wildman–Crippen MR) is 59.7 cm³/mol. The first-order valence-corrected chi connectivity index (χ1v) is 5.54. The smallest absolute Gasteiger partial charge is 0.0696 e. The van der Waals surface area contributed by atoms with Gasteiger partial charge in [0.1, 0.15) is 0 Å². The fourth-order valence-electron chi connectivity index (χ4n) is 1.14. The summed E-state index contributed by atoms with van der Waals surface area (Å²) in [5.74, 6) is 0. The van der Waals surface area contributed by atoms with Gasteiger partial charge in [0, 0.05) is 32.9 Å². The fourth-order valence-corrected chi connectivity index (χ4v) is 1.14. The highest BCUT2D eigenvalue weighted by Gasteiger charge is 2.06. The molecule has 0 amide bonds. The standard InChI is InChI=1S/C11H25NO2/c1-5-11(9-12-10(2)3)14-8-6-7-13-4/h10-12H,5-9H2,1-4H3. The first kappa shape index (κ1) is 13.9. The SMILES string of the molecule is CCC(CNC(C)C)OCCCOC. The van der Waals surface area contributed by atoms with Gasteiger partial charge in [-0.05, 0) is 12.8 Å². The summed E-state index contributed by atoms with van der Waals surface area (Å²) in [5, 5.41) is 3.38. The van der Waals surface area contributed by atoms with Gasteiger partial charge in [-0.1, -0.05) is 20.8 Å². The summed E-state index contributed by atoms with van der Waals surface area (Å²) in [5.41, 5.74) is 0. The van der Waals surface area contributed by atoms with E-state index in [0.717, 1.165) is 32.6 Å². The molecule has 0 aromatic rings. The summed E-state index contributed by atoms with van der Waals surface area (Å²) >= 11 is 0. The third kappa shape index (κ3) is 8.48. The lowest BCUT2D eigenvalue weighted by atomic mass is 10.2. The molecule has 3 heteroatoms. The van der Waals surface area contributed by atoms with Crippen LogP contribution in [0.25, 0.3) is 0 Å².